The van der Waals surface area contributed by atoms with E-state index in [9.17, 15) is 18.0 Å². The lowest BCUT2D eigenvalue weighted by atomic mass is 10.0. The van der Waals surface area contributed by atoms with Gasteiger partial charge in [0.05, 0.1) is 31.7 Å². The van der Waals surface area contributed by atoms with Crippen LogP contribution >= 0.6 is 0 Å². The van der Waals surface area contributed by atoms with Crippen LogP contribution in [-0.2, 0) is 14.3 Å². The molecule has 0 spiro atoms. The fourth-order valence-corrected chi connectivity index (χ4v) is 3.99. The van der Waals surface area contributed by atoms with Gasteiger partial charge in [-0.05, 0) is 38.0 Å². The Labute approximate surface area is 198 Å². The molecule has 2 aromatic rings. The van der Waals surface area contributed by atoms with E-state index in [2.05, 4.69) is 22.1 Å². The number of rotatable bonds is 10. The number of ether oxygens (including phenoxy) is 2. The van der Waals surface area contributed by atoms with Crippen LogP contribution in [-0.4, -0.2) is 60.9 Å². The SMILES string of the molecule is CC(c1ccc(-c2ccc([C@H](CCF)OC(C)(C)NC(=O)C(F)F)cc2)cn1)N1CCOCC1. The van der Waals surface area contributed by atoms with Crippen molar-refractivity contribution in [2.24, 2.45) is 0 Å². The molecule has 0 radical (unpaired) electrons. The monoisotopic (exact) mass is 479 g/mol. The molecule has 1 aromatic heterocycles. The fourth-order valence-electron chi connectivity index (χ4n) is 3.99. The number of amides is 1. The van der Waals surface area contributed by atoms with E-state index in [0.29, 0.717) is 5.56 Å². The molecule has 9 heteroatoms. The Morgan fingerprint density at radius 3 is 2.35 bits per heavy atom. The predicted molar refractivity (Wildman–Crippen MR) is 123 cm³/mol. The van der Waals surface area contributed by atoms with Gasteiger partial charge < -0.3 is 14.8 Å². The van der Waals surface area contributed by atoms with Crippen LogP contribution in [0.25, 0.3) is 11.1 Å². The minimum absolute atomic E-state index is 0.0308. The van der Waals surface area contributed by atoms with Crippen LogP contribution in [0.3, 0.4) is 0 Å². The fraction of sp³-hybridized carbons (Fsp3) is 0.520. The maximum atomic E-state index is 13.2. The molecule has 1 fully saturated rings. The van der Waals surface area contributed by atoms with Gasteiger partial charge >= 0.3 is 6.43 Å². The predicted octanol–water partition coefficient (Wildman–Crippen LogP) is 4.68. The summed E-state index contributed by atoms with van der Waals surface area (Å²) in [5.41, 5.74) is 2.17. The van der Waals surface area contributed by atoms with Crippen LogP contribution in [0.5, 0.6) is 0 Å². The van der Waals surface area contributed by atoms with E-state index in [1.54, 1.807) is 0 Å². The van der Waals surface area contributed by atoms with Crippen molar-refractivity contribution in [3.8, 4) is 11.1 Å². The molecule has 186 valence electrons. The number of halogens is 3. The molecule has 0 saturated carbocycles. The molecule has 1 saturated heterocycles. The third-order valence-electron chi connectivity index (χ3n) is 5.85. The summed E-state index contributed by atoms with van der Waals surface area (Å²) < 4.78 is 49.6. The van der Waals surface area contributed by atoms with Crippen LogP contribution < -0.4 is 5.32 Å². The number of pyridine rings is 1. The van der Waals surface area contributed by atoms with Crippen molar-refractivity contribution < 1.29 is 27.4 Å². The lowest BCUT2D eigenvalue weighted by molar-refractivity contribution is -0.148. The van der Waals surface area contributed by atoms with Crippen molar-refractivity contribution in [3.05, 3.63) is 53.9 Å². The highest BCUT2D eigenvalue weighted by atomic mass is 19.3. The zero-order chi connectivity index (χ0) is 24.7. The third-order valence-corrected chi connectivity index (χ3v) is 5.85. The average molecular weight is 480 g/mol. The number of alkyl halides is 3. The van der Waals surface area contributed by atoms with Gasteiger partial charge in [0.15, 0.2) is 0 Å². The minimum Gasteiger partial charge on any atom is -0.379 e. The number of benzene rings is 1. The van der Waals surface area contributed by atoms with E-state index in [-0.39, 0.29) is 12.5 Å². The topological polar surface area (TPSA) is 63.7 Å². The normalized spacial score (nSPS) is 16.9. The van der Waals surface area contributed by atoms with E-state index in [4.69, 9.17) is 9.47 Å². The Morgan fingerprint density at radius 1 is 1.15 bits per heavy atom. The molecule has 1 amide bonds. The summed E-state index contributed by atoms with van der Waals surface area (Å²) in [7, 11) is 0. The Balaban J connectivity index is 1.69. The quantitative estimate of drug-likeness (QED) is 0.502. The van der Waals surface area contributed by atoms with Gasteiger partial charge in [0.25, 0.3) is 5.91 Å². The lowest BCUT2D eigenvalue weighted by Crippen LogP contribution is -2.48. The second-order valence-corrected chi connectivity index (χ2v) is 8.80. The van der Waals surface area contributed by atoms with Crippen molar-refractivity contribution in [2.45, 2.75) is 51.5 Å². The Bertz CT molecular complexity index is 917. The second kappa shape index (κ2) is 11.8. The minimum atomic E-state index is -3.15. The molecule has 0 aliphatic carbocycles. The van der Waals surface area contributed by atoms with E-state index < -0.39 is 30.8 Å². The van der Waals surface area contributed by atoms with Gasteiger partial charge in [-0.2, -0.15) is 8.78 Å². The number of nitrogens with one attached hydrogen (secondary N) is 1. The molecule has 3 rings (SSSR count). The molecule has 2 heterocycles. The van der Waals surface area contributed by atoms with Gasteiger partial charge in [0.1, 0.15) is 5.72 Å². The molecule has 1 N–H and O–H groups in total. The van der Waals surface area contributed by atoms with E-state index in [1.165, 1.54) is 13.8 Å². The van der Waals surface area contributed by atoms with Crippen LogP contribution in [0.2, 0.25) is 0 Å². The molecule has 1 aliphatic heterocycles. The highest BCUT2D eigenvalue weighted by Crippen LogP contribution is 2.29. The summed E-state index contributed by atoms with van der Waals surface area (Å²) in [5, 5.41) is 2.14. The summed E-state index contributed by atoms with van der Waals surface area (Å²) >= 11 is 0. The summed E-state index contributed by atoms with van der Waals surface area (Å²) in [6, 6.07) is 11.6. The van der Waals surface area contributed by atoms with Gasteiger partial charge in [-0.15, -0.1) is 0 Å². The zero-order valence-electron chi connectivity index (χ0n) is 19.8. The van der Waals surface area contributed by atoms with Crippen LogP contribution in [0, 0.1) is 0 Å². The van der Waals surface area contributed by atoms with Crippen molar-refractivity contribution in [1.29, 1.82) is 0 Å². The first kappa shape index (κ1) is 26.1. The summed E-state index contributed by atoms with van der Waals surface area (Å²) in [5.74, 6) is -1.43. The maximum Gasteiger partial charge on any atom is 0.315 e. The van der Waals surface area contributed by atoms with Crippen LogP contribution in [0.1, 0.15) is 50.6 Å². The van der Waals surface area contributed by atoms with E-state index in [1.807, 2.05) is 42.6 Å². The lowest BCUT2D eigenvalue weighted by Gasteiger charge is -2.32. The van der Waals surface area contributed by atoms with Gasteiger partial charge in [-0.25, -0.2) is 0 Å². The highest BCUT2D eigenvalue weighted by molar-refractivity contribution is 5.79. The summed E-state index contributed by atoms with van der Waals surface area (Å²) in [6.45, 7) is 7.63. The van der Waals surface area contributed by atoms with Crippen molar-refractivity contribution >= 4 is 5.91 Å². The average Bonchev–Trinajstić information content (AvgIpc) is 2.83. The Hall–Kier alpha value is -2.49. The highest BCUT2D eigenvalue weighted by Gasteiger charge is 2.29. The van der Waals surface area contributed by atoms with Crippen molar-refractivity contribution in [3.63, 3.8) is 0 Å². The first-order valence-electron chi connectivity index (χ1n) is 11.4. The first-order valence-corrected chi connectivity index (χ1v) is 11.4. The van der Waals surface area contributed by atoms with E-state index in [0.717, 1.165) is 43.1 Å². The molecule has 1 aliphatic rings. The molecular weight excluding hydrogens is 447 g/mol. The molecule has 2 atom stereocenters. The first-order chi connectivity index (χ1) is 16.2. The van der Waals surface area contributed by atoms with Crippen LogP contribution in [0.15, 0.2) is 42.6 Å². The number of aromatic nitrogens is 1. The largest absolute Gasteiger partial charge is 0.379 e. The molecule has 34 heavy (non-hydrogen) atoms. The smallest absolute Gasteiger partial charge is 0.315 e. The molecule has 0 bridgehead atoms. The molecule has 1 aromatic carbocycles. The standard InChI is InChI=1S/C25H32F3N3O3/c1-17(31-12-14-33-15-13-31)21-9-8-20(16-29-21)18-4-6-19(7-5-18)22(10-11-26)34-25(2,3)30-24(32)23(27)28/h4-9,16-17,22-23H,10-15H2,1-3H3,(H,30,32)/t17?,22-/m0/s1. The number of carbonyl (C=O) groups excluding carboxylic acids is 1. The summed E-state index contributed by atoms with van der Waals surface area (Å²) in [4.78, 5) is 18.4. The van der Waals surface area contributed by atoms with Crippen LogP contribution in [0.4, 0.5) is 13.2 Å². The van der Waals surface area contributed by atoms with Crippen molar-refractivity contribution in [2.75, 3.05) is 33.0 Å². The second-order valence-electron chi connectivity index (χ2n) is 8.80. The molecule has 6 nitrogen and oxygen atoms in total. The van der Waals surface area contributed by atoms with E-state index >= 15 is 0 Å². The Kier molecular flexibility index (Phi) is 9.04. The molecular formula is C25H32F3N3O3. The maximum absolute atomic E-state index is 13.2. The molecule has 1 unspecified atom stereocenters. The third kappa shape index (κ3) is 7.01. The number of hydrogen-bond acceptors (Lipinski definition) is 5. The Morgan fingerprint density at radius 2 is 1.79 bits per heavy atom. The zero-order valence-corrected chi connectivity index (χ0v) is 19.8. The van der Waals surface area contributed by atoms with Crippen molar-refractivity contribution in [1.82, 2.24) is 15.2 Å². The van der Waals surface area contributed by atoms with Gasteiger partial charge in [0, 0.05) is 37.3 Å². The summed E-state index contributed by atoms with van der Waals surface area (Å²) in [6.07, 6.45) is -2.00. The number of morpholine rings is 1. The number of carbonyl (C=O) groups is 1. The van der Waals surface area contributed by atoms with Gasteiger partial charge in [0.2, 0.25) is 0 Å². The van der Waals surface area contributed by atoms with Gasteiger partial charge in [-0.1, -0.05) is 30.3 Å². The number of nitrogens with zero attached hydrogens (tertiary/aromatic N) is 2. The number of hydrogen-bond donors (Lipinski definition) is 1. The van der Waals surface area contributed by atoms with Gasteiger partial charge in [-0.3, -0.25) is 19.1 Å².